The molecule has 0 aliphatic carbocycles. The first-order valence-corrected chi connectivity index (χ1v) is 5.89. The standard InChI is InChI=1S/C11H13N3S/c1-2-3-9-10(8-4-5-15-6-8)13-7-14-11(9)12/h4-7H,2-3H2,1H3,(H2,12,13,14). The molecule has 15 heavy (non-hydrogen) atoms. The molecule has 2 aromatic rings. The molecule has 0 radical (unpaired) electrons. The first-order valence-electron chi connectivity index (χ1n) is 4.95. The molecule has 0 atom stereocenters. The SMILES string of the molecule is CCCc1c(N)ncnc1-c1ccsc1. The summed E-state index contributed by atoms with van der Waals surface area (Å²) in [4.78, 5) is 8.35. The summed E-state index contributed by atoms with van der Waals surface area (Å²) in [6, 6.07) is 2.06. The average Bonchev–Trinajstić information content (AvgIpc) is 2.74. The van der Waals surface area contributed by atoms with Gasteiger partial charge in [0.15, 0.2) is 0 Å². The normalized spacial score (nSPS) is 10.5. The van der Waals surface area contributed by atoms with Crippen molar-refractivity contribution in [2.24, 2.45) is 0 Å². The third-order valence-corrected chi connectivity index (χ3v) is 2.96. The highest BCUT2D eigenvalue weighted by Gasteiger charge is 2.10. The molecule has 0 saturated heterocycles. The molecule has 4 heteroatoms. The van der Waals surface area contributed by atoms with Crippen LogP contribution in [-0.2, 0) is 6.42 Å². The third kappa shape index (κ3) is 1.99. The topological polar surface area (TPSA) is 51.8 Å². The van der Waals surface area contributed by atoms with Crippen molar-refractivity contribution in [2.45, 2.75) is 19.8 Å². The zero-order valence-corrected chi connectivity index (χ0v) is 9.42. The van der Waals surface area contributed by atoms with Crippen LogP contribution >= 0.6 is 11.3 Å². The van der Waals surface area contributed by atoms with Crippen LogP contribution in [0.5, 0.6) is 0 Å². The van der Waals surface area contributed by atoms with Crippen molar-refractivity contribution in [3.05, 3.63) is 28.7 Å². The summed E-state index contributed by atoms with van der Waals surface area (Å²) < 4.78 is 0. The van der Waals surface area contributed by atoms with Gasteiger partial charge in [0.25, 0.3) is 0 Å². The van der Waals surface area contributed by atoms with E-state index < -0.39 is 0 Å². The Balaban J connectivity index is 2.51. The highest BCUT2D eigenvalue weighted by atomic mass is 32.1. The van der Waals surface area contributed by atoms with Gasteiger partial charge in [0.05, 0.1) is 5.69 Å². The number of nitrogen functional groups attached to an aromatic ring is 1. The van der Waals surface area contributed by atoms with Gasteiger partial charge >= 0.3 is 0 Å². The van der Waals surface area contributed by atoms with Crippen LogP contribution in [-0.4, -0.2) is 9.97 Å². The molecule has 0 fully saturated rings. The van der Waals surface area contributed by atoms with Gasteiger partial charge in [-0.1, -0.05) is 13.3 Å². The summed E-state index contributed by atoms with van der Waals surface area (Å²) in [7, 11) is 0. The zero-order valence-electron chi connectivity index (χ0n) is 8.60. The van der Waals surface area contributed by atoms with E-state index in [9.17, 15) is 0 Å². The van der Waals surface area contributed by atoms with E-state index >= 15 is 0 Å². The van der Waals surface area contributed by atoms with Crippen LogP contribution in [0.3, 0.4) is 0 Å². The van der Waals surface area contributed by atoms with Gasteiger partial charge in [-0.05, 0) is 17.9 Å². The smallest absolute Gasteiger partial charge is 0.130 e. The van der Waals surface area contributed by atoms with E-state index in [1.807, 2.05) is 5.38 Å². The maximum absolute atomic E-state index is 5.87. The van der Waals surface area contributed by atoms with E-state index in [1.165, 1.54) is 6.33 Å². The highest BCUT2D eigenvalue weighted by molar-refractivity contribution is 7.08. The van der Waals surface area contributed by atoms with Crippen molar-refractivity contribution in [1.29, 1.82) is 0 Å². The molecule has 3 nitrogen and oxygen atoms in total. The van der Waals surface area contributed by atoms with Crippen molar-refractivity contribution < 1.29 is 0 Å². The Morgan fingerprint density at radius 1 is 1.40 bits per heavy atom. The van der Waals surface area contributed by atoms with Gasteiger partial charge in [-0.2, -0.15) is 11.3 Å². The van der Waals surface area contributed by atoms with Crippen molar-refractivity contribution in [1.82, 2.24) is 9.97 Å². The quantitative estimate of drug-likeness (QED) is 0.863. The predicted molar refractivity (Wildman–Crippen MR) is 63.8 cm³/mol. The molecule has 0 bridgehead atoms. The number of anilines is 1. The molecular formula is C11H13N3S. The Bertz CT molecular complexity index is 437. The van der Waals surface area contributed by atoms with E-state index in [-0.39, 0.29) is 0 Å². The second kappa shape index (κ2) is 4.40. The molecule has 0 spiro atoms. The van der Waals surface area contributed by atoms with Crippen LogP contribution in [0.1, 0.15) is 18.9 Å². The predicted octanol–water partition coefficient (Wildman–Crippen LogP) is 2.74. The van der Waals surface area contributed by atoms with Crippen LogP contribution in [0, 0.1) is 0 Å². The van der Waals surface area contributed by atoms with Crippen molar-refractivity contribution in [2.75, 3.05) is 5.73 Å². The van der Waals surface area contributed by atoms with Gasteiger partial charge in [-0.3, -0.25) is 0 Å². The molecule has 0 amide bonds. The second-order valence-corrected chi connectivity index (χ2v) is 4.13. The Morgan fingerprint density at radius 2 is 2.27 bits per heavy atom. The minimum absolute atomic E-state index is 0.605. The second-order valence-electron chi connectivity index (χ2n) is 3.35. The number of hydrogen-bond acceptors (Lipinski definition) is 4. The van der Waals surface area contributed by atoms with Crippen molar-refractivity contribution in [3.8, 4) is 11.3 Å². The van der Waals surface area contributed by atoms with Gasteiger partial charge in [0, 0.05) is 16.5 Å². The molecule has 0 aliphatic heterocycles. The van der Waals surface area contributed by atoms with Crippen LogP contribution in [0.25, 0.3) is 11.3 Å². The molecular weight excluding hydrogens is 206 g/mol. The van der Waals surface area contributed by atoms with Crippen LogP contribution in [0.2, 0.25) is 0 Å². The lowest BCUT2D eigenvalue weighted by Crippen LogP contribution is -2.01. The first kappa shape index (κ1) is 10.1. The lowest BCUT2D eigenvalue weighted by Gasteiger charge is -2.07. The first-order chi connectivity index (χ1) is 7.33. The fourth-order valence-electron chi connectivity index (χ4n) is 1.57. The van der Waals surface area contributed by atoms with Crippen molar-refractivity contribution in [3.63, 3.8) is 0 Å². The number of nitrogens with two attached hydrogens (primary N) is 1. The van der Waals surface area contributed by atoms with Gasteiger partial charge in [0.1, 0.15) is 12.1 Å². The van der Waals surface area contributed by atoms with E-state index in [1.54, 1.807) is 11.3 Å². The molecule has 2 aromatic heterocycles. The van der Waals surface area contributed by atoms with Crippen LogP contribution < -0.4 is 5.73 Å². The molecule has 2 heterocycles. The van der Waals surface area contributed by atoms with E-state index in [0.29, 0.717) is 5.82 Å². The molecule has 0 aliphatic rings. The molecule has 78 valence electrons. The summed E-state index contributed by atoms with van der Waals surface area (Å²) >= 11 is 1.67. The molecule has 0 saturated carbocycles. The molecule has 2 N–H and O–H groups in total. The monoisotopic (exact) mass is 219 g/mol. The fourth-order valence-corrected chi connectivity index (χ4v) is 2.21. The van der Waals surface area contributed by atoms with Gasteiger partial charge in [-0.15, -0.1) is 0 Å². The van der Waals surface area contributed by atoms with Crippen molar-refractivity contribution >= 4 is 17.2 Å². The lowest BCUT2D eigenvalue weighted by molar-refractivity contribution is 0.908. The third-order valence-electron chi connectivity index (χ3n) is 2.27. The van der Waals surface area contributed by atoms with Crippen LogP contribution in [0.15, 0.2) is 23.2 Å². The molecule has 2 rings (SSSR count). The highest BCUT2D eigenvalue weighted by Crippen LogP contribution is 2.26. The molecule has 0 aromatic carbocycles. The van der Waals surface area contributed by atoms with Gasteiger partial charge in [-0.25, -0.2) is 9.97 Å². The maximum atomic E-state index is 5.87. The Labute approximate surface area is 93.0 Å². The Kier molecular flexibility index (Phi) is 2.97. The number of rotatable bonds is 3. The summed E-state index contributed by atoms with van der Waals surface area (Å²) in [6.07, 6.45) is 3.51. The Hall–Kier alpha value is -1.42. The zero-order chi connectivity index (χ0) is 10.7. The van der Waals surface area contributed by atoms with E-state index in [4.69, 9.17) is 5.73 Å². The largest absolute Gasteiger partial charge is 0.383 e. The summed E-state index contributed by atoms with van der Waals surface area (Å²) in [5.74, 6) is 0.605. The minimum Gasteiger partial charge on any atom is -0.383 e. The van der Waals surface area contributed by atoms with Gasteiger partial charge in [0.2, 0.25) is 0 Å². The number of hydrogen-bond donors (Lipinski definition) is 1. The maximum Gasteiger partial charge on any atom is 0.130 e. The Morgan fingerprint density at radius 3 is 2.93 bits per heavy atom. The summed E-state index contributed by atoms with van der Waals surface area (Å²) in [5, 5.41) is 4.13. The number of nitrogens with zero attached hydrogens (tertiary/aromatic N) is 2. The minimum atomic E-state index is 0.605. The van der Waals surface area contributed by atoms with Gasteiger partial charge < -0.3 is 5.73 Å². The van der Waals surface area contributed by atoms with Crippen LogP contribution in [0.4, 0.5) is 5.82 Å². The average molecular weight is 219 g/mol. The fraction of sp³-hybridized carbons (Fsp3) is 0.273. The number of aromatic nitrogens is 2. The van der Waals surface area contributed by atoms with E-state index in [0.717, 1.165) is 29.7 Å². The lowest BCUT2D eigenvalue weighted by atomic mass is 10.1. The molecule has 0 unspecified atom stereocenters. The number of thiophene rings is 1. The van der Waals surface area contributed by atoms with E-state index in [2.05, 4.69) is 28.3 Å². The summed E-state index contributed by atoms with van der Waals surface area (Å²) in [6.45, 7) is 2.13. The summed E-state index contributed by atoms with van der Waals surface area (Å²) in [5.41, 5.74) is 9.05.